The fourth-order valence-corrected chi connectivity index (χ4v) is 2.85. The van der Waals surface area contributed by atoms with Crippen molar-refractivity contribution in [3.8, 4) is 0 Å². The highest BCUT2D eigenvalue weighted by atomic mass is 79.9. The van der Waals surface area contributed by atoms with Crippen molar-refractivity contribution in [1.29, 1.82) is 0 Å². The average Bonchev–Trinajstić information content (AvgIpc) is 2.56. The van der Waals surface area contributed by atoms with Crippen LogP contribution in [0.15, 0.2) is 10.7 Å². The van der Waals surface area contributed by atoms with Crippen molar-refractivity contribution in [3.05, 3.63) is 16.4 Å². The first kappa shape index (κ1) is 13.7. The molecule has 0 aromatic carbocycles. The van der Waals surface area contributed by atoms with E-state index in [0.717, 1.165) is 30.3 Å². The Morgan fingerprint density at radius 2 is 2.28 bits per heavy atom. The Kier molecular flexibility index (Phi) is 4.56. The van der Waals surface area contributed by atoms with Crippen LogP contribution in [0.2, 0.25) is 0 Å². The summed E-state index contributed by atoms with van der Waals surface area (Å²) in [7, 11) is 0. The largest absolute Gasteiger partial charge is 0.307 e. The lowest BCUT2D eigenvalue weighted by molar-refractivity contribution is 0.0927. The average molecular weight is 314 g/mol. The molecule has 1 aromatic rings. The molecule has 1 aromatic heterocycles. The van der Waals surface area contributed by atoms with Gasteiger partial charge in [0.2, 0.25) is 0 Å². The van der Waals surface area contributed by atoms with Crippen LogP contribution in [0.4, 0.5) is 0 Å². The lowest BCUT2D eigenvalue weighted by Crippen LogP contribution is -2.37. The molecule has 0 amide bonds. The van der Waals surface area contributed by atoms with Gasteiger partial charge >= 0.3 is 0 Å². The standard InChI is InChI=1S/C13H20BrN3O/c1-9(2)17-12(10(14)8-16-17)13(18)11-6-4-3-5-7-15-11/h8-9,11,15H,3-7H2,1-2H3. The number of nitrogens with zero attached hydrogens (tertiary/aromatic N) is 2. The van der Waals surface area contributed by atoms with Crippen LogP contribution in [0, 0.1) is 0 Å². The molecular weight excluding hydrogens is 294 g/mol. The Bertz CT molecular complexity index is 420. The Labute approximate surface area is 116 Å². The zero-order valence-corrected chi connectivity index (χ0v) is 12.5. The van der Waals surface area contributed by atoms with Gasteiger partial charge < -0.3 is 5.32 Å². The van der Waals surface area contributed by atoms with Crippen molar-refractivity contribution in [2.45, 2.75) is 51.6 Å². The van der Waals surface area contributed by atoms with Crippen LogP contribution in [0.5, 0.6) is 0 Å². The first-order valence-electron chi connectivity index (χ1n) is 6.62. The lowest BCUT2D eigenvalue weighted by atomic mass is 10.0. The third-order valence-electron chi connectivity index (χ3n) is 3.35. The van der Waals surface area contributed by atoms with Gasteiger partial charge in [0.1, 0.15) is 5.69 Å². The van der Waals surface area contributed by atoms with E-state index in [4.69, 9.17) is 0 Å². The number of Topliss-reactive ketones (excluding diaryl/α,β-unsaturated/α-hetero) is 1. The number of halogens is 1. The van der Waals surface area contributed by atoms with Crippen LogP contribution >= 0.6 is 15.9 Å². The van der Waals surface area contributed by atoms with Gasteiger partial charge in [-0.1, -0.05) is 12.8 Å². The number of hydrogen-bond acceptors (Lipinski definition) is 3. The Hall–Kier alpha value is -0.680. The molecule has 0 radical (unpaired) electrons. The first-order chi connectivity index (χ1) is 8.61. The summed E-state index contributed by atoms with van der Waals surface area (Å²) in [5.74, 6) is 0.162. The van der Waals surface area contributed by atoms with Crippen LogP contribution in [0.25, 0.3) is 0 Å². The van der Waals surface area contributed by atoms with Crippen LogP contribution in [0.3, 0.4) is 0 Å². The van der Waals surface area contributed by atoms with Crippen LogP contribution in [-0.2, 0) is 0 Å². The highest BCUT2D eigenvalue weighted by Gasteiger charge is 2.26. The highest BCUT2D eigenvalue weighted by molar-refractivity contribution is 9.10. The van der Waals surface area contributed by atoms with Crippen molar-refractivity contribution in [2.75, 3.05) is 6.54 Å². The third-order valence-corrected chi connectivity index (χ3v) is 3.93. The molecule has 2 rings (SSSR count). The summed E-state index contributed by atoms with van der Waals surface area (Å²) in [6.07, 6.45) is 6.13. The SMILES string of the molecule is CC(C)n1ncc(Br)c1C(=O)C1CCCCCN1. The molecule has 1 aliphatic rings. The summed E-state index contributed by atoms with van der Waals surface area (Å²) in [5, 5.41) is 7.63. The minimum Gasteiger partial charge on any atom is -0.307 e. The number of carbonyl (C=O) groups excluding carboxylic acids is 1. The molecule has 1 unspecified atom stereocenters. The molecular formula is C13H20BrN3O. The fourth-order valence-electron chi connectivity index (χ4n) is 2.38. The van der Waals surface area contributed by atoms with Gasteiger partial charge in [-0.25, -0.2) is 0 Å². The predicted molar refractivity (Wildman–Crippen MR) is 74.9 cm³/mol. The summed E-state index contributed by atoms with van der Waals surface area (Å²) in [5.41, 5.74) is 0.699. The zero-order chi connectivity index (χ0) is 13.1. The molecule has 0 saturated carbocycles. The number of carbonyl (C=O) groups is 1. The first-order valence-corrected chi connectivity index (χ1v) is 7.41. The number of rotatable bonds is 3. The third kappa shape index (κ3) is 2.83. The Balaban J connectivity index is 2.24. The van der Waals surface area contributed by atoms with E-state index in [2.05, 4.69) is 26.3 Å². The second-order valence-electron chi connectivity index (χ2n) is 5.10. The summed E-state index contributed by atoms with van der Waals surface area (Å²) in [6.45, 7) is 5.01. The molecule has 1 N–H and O–H groups in total. The Morgan fingerprint density at radius 1 is 1.50 bits per heavy atom. The molecule has 1 aliphatic heterocycles. The number of aromatic nitrogens is 2. The maximum atomic E-state index is 12.6. The van der Waals surface area contributed by atoms with Gasteiger partial charge in [0.25, 0.3) is 0 Å². The van der Waals surface area contributed by atoms with Gasteiger partial charge in [0.05, 0.1) is 16.7 Å². The van der Waals surface area contributed by atoms with E-state index in [-0.39, 0.29) is 17.9 Å². The number of hydrogen-bond donors (Lipinski definition) is 1. The topological polar surface area (TPSA) is 46.9 Å². The van der Waals surface area contributed by atoms with E-state index in [1.807, 2.05) is 13.8 Å². The van der Waals surface area contributed by atoms with Gasteiger partial charge in [-0.05, 0) is 49.2 Å². The van der Waals surface area contributed by atoms with Gasteiger partial charge in [0, 0.05) is 6.04 Å². The van der Waals surface area contributed by atoms with E-state index in [0.29, 0.717) is 5.69 Å². The highest BCUT2D eigenvalue weighted by Crippen LogP contribution is 2.23. The normalized spacial score (nSPS) is 21.0. The van der Waals surface area contributed by atoms with E-state index >= 15 is 0 Å². The predicted octanol–water partition coefficient (Wildman–Crippen LogP) is 2.94. The molecule has 1 saturated heterocycles. The molecule has 100 valence electrons. The summed E-state index contributed by atoms with van der Waals surface area (Å²) in [6, 6.07) is 0.138. The van der Waals surface area contributed by atoms with E-state index < -0.39 is 0 Å². The molecule has 5 heteroatoms. The van der Waals surface area contributed by atoms with Crippen molar-refractivity contribution < 1.29 is 4.79 Å². The second kappa shape index (κ2) is 5.97. The summed E-state index contributed by atoms with van der Waals surface area (Å²) < 4.78 is 2.60. The molecule has 2 heterocycles. The quantitative estimate of drug-likeness (QED) is 0.873. The monoisotopic (exact) mass is 313 g/mol. The molecule has 0 bridgehead atoms. The van der Waals surface area contributed by atoms with Crippen LogP contribution < -0.4 is 5.32 Å². The van der Waals surface area contributed by atoms with Crippen LogP contribution in [-0.4, -0.2) is 28.2 Å². The molecule has 0 aliphatic carbocycles. The lowest BCUT2D eigenvalue weighted by Gasteiger charge is -2.17. The number of ketones is 1. The van der Waals surface area contributed by atoms with Crippen molar-refractivity contribution in [2.24, 2.45) is 0 Å². The molecule has 1 fully saturated rings. The molecule has 1 atom stereocenters. The van der Waals surface area contributed by atoms with E-state index in [1.54, 1.807) is 10.9 Å². The second-order valence-corrected chi connectivity index (χ2v) is 5.95. The maximum Gasteiger partial charge on any atom is 0.198 e. The van der Waals surface area contributed by atoms with Gasteiger partial charge in [-0.3, -0.25) is 9.48 Å². The van der Waals surface area contributed by atoms with Gasteiger partial charge in [0.15, 0.2) is 5.78 Å². The fraction of sp³-hybridized carbons (Fsp3) is 0.692. The summed E-state index contributed by atoms with van der Waals surface area (Å²) in [4.78, 5) is 12.6. The van der Waals surface area contributed by atoms with E-state index in [9.17, 15) is 4.79 Å². The molecule has 4 nitrogen and oxygen atoms in total. The van der Waals surface area contributed by atoms with Crippen molar-refractivity contribution in [3.63, 3.8) is 0 Å². The zero-order valence-electron chi connectivity index (χ0n) is 10.9. The van der Waals surface area contributed by atoms with Gasteiger partial charge in [-0.15, -0.1) is 0 Å². The van der Waals surface area contributed by atoms with Gasteiger partial charge in [-0.2, -0.15) is 5.10 Å². The van der Waals surface area contributed by atoms with Crippen LogP contribution in [0.1, 0.15) is 56.1 Å². The Morgan fingerprint density at radius 3 is 3.00 bits per heavy atom. The maximum absolute atomic E-state index is 12.6. The smallest absolute Gasteiger partial charge is 0.198 e. The minimum absolute atomic E-state index is 0.0574. The summed E-state index contributed by atoms with van der Waals surface area (Å²) >= 11 is 3.44. The van der Waals surface area contributed by atoms with E-state index in [1.165, 1.54) is 6.42 Å². The molecule has 0 spiro atoms. The molecule has 18 heavy (non-hydrogen) atoms. The van der Waals surface area contributed by atoms with Crippen molar-refractivity contribution >= 4 is 21.7 Å². The van der Waals surface area contributed by atoms with Crippen molar-refractivity contribution in [1.82, 2.24) is 15.1 Å². The number of nitrogens with one attached hydrogen (secondary N) is 1. The minimum atomic E-state index is -0.0574.